The first-order chi connectivity index (χ1) is 14.1. The number of halogens is 4. The first kappa shape index (κ1) is 21.6. The molecule has 0 fully saturated rings. The number of alkyl halides is 3. The first-order valence-electron chi connectivity index (χ1n) is 8.98. The minimum absolute atomic E-state index is 0.140. The zero-order chi connectivity index (χ0) is 22.1. The van der Waals surface area contributed by atoms with Crippen LogP contribution >= 0.6 is 11.6 Å². The highest BCUT2D eigenvalue weighted by Crippen LogP contribution is 2.33. The standard InChI is InChI=1S/C20H18ClF3N4O2/c1-12(2)28-18(20(22,23)24)15(9-25-28)19(30)26-14-7-8-17(29)27(11-14)10-13-5-3-4-6-16(13)21/h3-9,11-12H,10H2,1-2H3,(H,26,30). The van der Waals surface area contributed by atoms with E-state index in [9.17, 15) is 22.8 Å². The van der Waals surface area contributed by atoms with E-state index in [-0.39, 0.29) is 17.8 Å². The monoisotopic (exact) mass is 438 g/mol. The van der Waals surface area contributed by atoms with Gasteiger partial charge in [-0.2, -0.15) is 18.3 Å². The Hall–Kier alpha value is -3.07. The highest BCUT2D eigenvalue weighted by molar-refractivity contribution is 6.31. The highest BCUT2D eigenvalue weighted by atomic mass is 35.5. The Bertz CT molecular complexity index is 1140. The summed E-state index contributed by atoms with van der Waals surface area (Å²) >= 11 is 6.12. The lowest BCUT2D eigenvalue weighted by atomic mass is 10.2. The fraction of sp³-hybridized carbons (Fsp3) is 0.250. The van der Waals surface area contributed by atoms with Crippen molar-refractivity contribution in [1.82, 2.24) is 14.3 Å². The molecule has 2 aromatic heterocycles. The Balaban J connectivity index is 1.90. The van der Waals surface area contributed by atoms with Gasteiger partial charge in [-0.3, -0.25) is 14.3 Å². The summed E-state index contributed by atoms with van der Waals surface area (Å²) in [7, 11) is 0. The zero-order valence-electron chi connectivity index (χ0n) is 16.1. The van der Waals surface area contributed by atoms with Gasteiger partial charge in [0.1, 0.15) is 0 Å². The summed E-state index contributed by atoms with van der Waals surface area (Å²) in [5.41, 5.74) is -1.23. The van der Waals surface area contributed by atoms with Crippen LogP contribution in [0.5, 0.6) is 0 Å². The summed E-state index contributed by atoms with van der Waals surface area (Å²) in [6.45, 7) is 3.21. The summed E-state index contributed by atoms with van der Waals surface area (Å²) in [5, 5.41) is 6.58. The second-order valence-corrected chi connectivity index (χ2v) is 7.28. The second kappa shape index (κ2) is 8.35. The number of amides is 1. The van der Waals surface area contributed by atoms with E-state index in [0.29, 0.717) is 10.6 Å². The van der Waals surface area contributed by atoms with Crippen LogP contribution in [0.1, 0.15) is 41.5 Å². The first-order valence-corrected chi connectivity index (χ1v) is 9.35. The molecule has 10 heteroatoms. The third-order valence-corrected chi connectivity index (χ3v) is 4.71. The minimum Gasteiger partial charge on any atom is -0.321 e. The molecule has 3 rings (SSSR count). The molecule has 2 heterocycles. The Morgan fingerprint density at radius 1 is 1.20 bits per heavy atom. The van der Waals surface area contributed by atoms with Crippen LogP contribution < -0.4 is 10.9 Å². The number of rotatable bonds is 5. The molecule has 0 spiro atoms. The molecule has 0 saturated carbocycles. The summed E-state index contributed by atoms with van der Waals surface area (Å²) in [6.07, 6.45) is -2.52. The zero-order valence-corrected chi connectivity index (χ0v) is 16.8. The molecule has 30 heavy (non-hydrogen) atoms. The van der Waals surface area contributed by atoms with Gasteiger partial charge in [-0.05, 0) is 31.5 Å². The Morgan fingerprint density at radius 3 is 2.53 bits per heavy atom. The number of nitrogens with one attached hydrogen (secondary N) is 1. The molecule has 0 aliphatic heterocycles. The van der Waals surface area contributed by atoms with Crippen LogP contribution in [0.4, 0.5) is 18.9 Å². The van der Waals surface area contributed by atoms with Crippen LogP contribution in [0, 0.1) is 0 Å². The molecule has 1 N–H and O–H groups in total. The molecule has 1 aromatic carbocycles. The molecule has 0 aliphatic carbocycles. The third kappa shape index (κ3) is 4.56. The third-order valence-electron chi connectivity index (χ3n) is 4.34. The van der Waals surface area contributed by atoms with Crippen molar-refractivity contribution in [3.05, 3.63) is 81.0 Å². The molecule has 0 saturated heterocycles. The summed E-state index contributed by atoms with van der Waals surface area (Å²) in [4.78, 5) is 24.7. The van der Waals surface area contributed by atoms with Crippen molar-refractivity contribution in [3.8, 4) is 0 Å². The van der Waals surface area contributed by atoms with Gasteiger partial charge in [0.05, 0.1) is 24.0 Å². The molecule has 0 bridgehead atoms. The van der Waals surface area contributed by atoms with Crippen molar-refractivity contribution >= 4 is 23.2 Å². The smallest absolute Gasteiger partial charge is 0.321 e. The maximum atomic E-state index is 13.5. The van der Waals surface area contributed by atoms with E-state index < -0.39 is 29.4 Å². The second-order valence-electron chi connectivity index (χ2n) is 6.87. The molecule has 6 nitrogen and oxygen atoms in total. The van der Waals surface area contributed by atoms with E-state index in [1.54, 1.807) is 24.3 Å². The lowest BCUT2D eigenvalue weighted by Gasteiger charge is -2.15. The number of nitrogens with zero attached hydrogens (tertiary/aromatic N) is 3. The predicted molar refractivity (Wildman–Crippen MR) is 107 cm³/mol. The van der Waals surface area contributed by atoms with Gasteiger partial charge in [0.2, 0.25) is 0 Å². The quantitative estimate of drug-likeness (QED) is 0.633. The molecule has 158 valence electrons. The van der Waals surface area contributed by atoms with Crippen LogP contribution in [0.25, 0.3) is 0 Å². The van der Waals surface area contributed by atoms with Crippen LogP contribution in [0.2, 0.25) is 5.02 Å². The van der Waals surface area contributed by atoms with Crippen LogP contribution in [-0.4, -0.2) is 20.3 Å². The van der Waals surface area contributed by atoms with Crippen LogP contribution in [0.15, 0.2) is 53.6 Å². The normalized spacial score (nSPS) is 11.7. The molecular weight excluding hydrogens is 421 g/mol. The largest absolute Gasteiger partial charge is 0.433 e. The van der Waals surface area contributed by atoms with E-state index in [4.69, 9.17) is 11.6 Å². The summed E-state index contributed by atoms with van der Waals surface area (Å²) in [6, 6.07) is 8.90. The van der Waals surface area contributed by atoms with Crippen molar-refractivity contribution in [2.75, 3.05) is 5.32 Å². The SMILES string of the molecule is CC(C)n1ncc(C(=O)Nc2ccc(=O)n(Cc3ccccc3Cl)c2)c1C(F)(F)F. The van der Waals surface area contributed by atoms with Gasteiger partial charge in [0, 0.05) is 23.3 Å². The molecule has 1 amide bonds. The maximum absolute atomic E-state index is 13.5. The van der Waals surface area contributed by atoms with Crippen molar-refractivity contribution in [3.63, 3.8) is 0 Å². The lowest BCUT2D eigenvalue weighted by molar-refractivity contribution is -0.145. The number of benzene rings is 1. The number of hydrogen-bond donors (Lipinski definition) is 1. The predicted octanol–water partition coefficient (Wildman–Crippen LogP) is 4.60. The van der Waals surface area contributed by atoms with Crippen molar-refractivity contribution in [2.45, 2.75) is 32.6 Å². The van der Waals surface area contributed by atoms with E-state index >= 15 is 0 Å². The van der Waals surface area contributed by atoms with Crippen LogP contribution in [-0.2, 0) is 12.7 Å². The van der Waals surface area contributed by atoms with Crippen molar-refractivity contribution < 1.29 is 18.0 Å². The summed E-state index contributed by atoms with van der Waals surface area (Å²) < 4.78 is 42.6. The number of pyridine rings is 1. The van der Waals surface area contributed by atoms with E-state index in [0.717, 1.165) is 10.9 Å². The van der Waals surface area contributed by atoms with Gasteiger partial charge >= 0.3 is 6.18 Å². The number of aromatic nitrogens is 3. The summed E-state index contributed by atoms with van der Waals surface area (Å²) in [5.74, 6) is -0.975. The Kier molecular flexibility index (Phi) is 6.02. The average molecular weight is 439 g/mol. The number of carbonyl (C=O) groups excluding carboxylic acids is 1. The number of anilines is 1. The van der Waals surface area contributed by atoms with Crippen LogP contribution in [0.3, 0.4) is 0 Å². The molecule has 0 radical (unpaired) electrons. The van der Waals surface area contributed by atoms with Gasteiger partial charge in [-0.25, -0.2) is 0 Å². The molecule has 0 atom stereocenters. The Labute approximate surface area is 174 Å². The fourth-order valence-electron chi connectivity index (χ4n) is 2.94. The number of hydrogen-bond acceptors (Lipinski definition) is 3. The maximum Gasteiger partial charge on any atom is 0.433 e. The molecule has 0 unspecified atom stereocenters. The lowest BCUT2D eigenvalue weighted by Crippen LogP contribution is -2.23. The minimum atomic E-state index is -4.75. The van der Waals surface area contributed by atoms with Gasteiger partial charge in [0.15, 0.2) is 5.69 Å². The van der Waals surface area contributed by atoms with Gasteiger partial charge in [-0.15, -0.1) is 0 Å². The molecular formula is C20H18ClF3N4O2. The van der Waals surface area contributed by atoms with Gasteiger partial charge < -0.3 is 9.88 Å². The van der Waals surface area contributed by atoms with E-state index in [1.807, 2.05) is 0 Å². The van der Waals surface area contributed by atoms with Crippen molar-refractivity contribution in [2.24, 2.45) is 0 Å². The van der Waals surface area contributed by atoms with Crippen molar-refractivity contribution in [1.29, 1.82) is 0 Å². The van der Waals surface area contributed by atoms with E-state index in [1.165, 1.54) is 36.7 Å². The molecule has 0 aliphatic rings. The number of carbonyl (C=O) groups is 1. The van der Waals surface area contributed by atoms with Gasteiger partial charge in [-0.1, -0.05) is 29.8 Å². The fourth-order valence-corrected chi connectivity index (χ4v) is 3.14. The Morgan fingerprint density at radius 2 is 1.90 bits per heavy atom. The van der Waals surface area contributed by atoms with E-state index in [2.05, 4.69) is 10.4 Å². The average Bonchev–Trinajstić information content (AvgIpc) is 3.12. The topological polar surface area (TPSA) is 68.9 Å². The highest BCUT2D eigenvalue weighted by Gasteiger charge is 2.40. The molecule has 3 aromatic rings. The van der Waals surface area contributed by atoms with Gasteiger partial charge in [0.25, 0.3) is 11.5 Å².